The molecule has 1 aliphatic carbocycles. The van der Waals surface area contributed by atoms with E-state index in [1.165, 1.54) is 11.1 Å². The van der Waals surface area contributed by atoms with Gasteiger partial charge in [-0.2, -0.15) is 0 Å². The second-order valence-electron chi connectivity index (χ2n) is 8.63. The third-order valence-corrected chi connectivity index (χ3v) is 11.6. The molecule has 1 aliphatic rings. The van der Waals surface area contributed by atoms with Gasteiger partial charge >= 0.3 is 0 Å². The highest BCUT2D eigenvalue weighted by molar-refractivity contribution is 6.92. The van der Waals surface area contributed by atoms with Crippen LogP contribution in [-0.2, 0) is 4.79 Å². The van der Waals surface area contributed by atoms with Gasteiger partial charge < -0.3 is 0 Å². The number of Topliss-reactive ketones (excluding diaryl/α,β-unsaturated/α-hetero) is 1. The Hall–Kier alpha value is -1.93. The molecule has 0 N–H and O–H groups in total. The molecule has 0 saturated heterocycles. The van der Waals surface area contributed by atoms with Gasteiger partial charge in [-0.15, -0.1) is 0 Å². The Labute approximate surface area is 152 Å². The Morgan fingerprint density at radius 2 is 1.40 bits per heavy atom. The molecule has 0 amide bonds. The first-order valence-electron chi connectivity index (χ1n) is 9.11. The fourth-order valence-corrected chi connectivity index (χ4v) is 6.18. The third-order valence-electron chi connectivity index (χ3n) is 6.10. The molecule has 130 valence electrons. The summed E-state index contributed by atoms with van der Waals surface area (Å²) in [5.41, 5.74) is 3.65. The minimum atomic E-state index is -1.93. The summed E-state index contributed by atoms with van der Waals surface area (Å²) in [6.07, 6.45) is 0.828. The fourth-order valence-electron chi connectivity index (χ4n) is 3.64. The maximum absolute atomic E-state index is 13.6. The molecule has 0 heterocycles. The molecule has 2 aromatic carbocycles. The molecule has 0 aromatic heterocycles. The maximum atomic E-state index is 13.6. The molecule has 1 atom stereocenters. The van der Waals surface area contributed by atoms with E-state index in [1.807, 2.05) is 24.3 Å². The average molecular weight is 349 g/mol. The monoisotopic (exact) mass is 348 g/mol. The quantitative estimate of drug-likeness (QED) is 0.600. The zero-order valence-electron chi connectivity index (χ0n) is 16.0. The van der Waals surface area contributed by atoms with Gasteiger partial charge in [0.05, 0.1) is 14.0 Å². The topological polar surface area (TPSA) is 17.1 Å². The summed E-state index contributed by atoms with van der Waals surface area (Å²) in [6, 6.07) is 20.8. The van der Waals surface area contributed by atoms with E-state index in [2.05, 4.69) is 70.3 Å². The van der Waals surface area contributed by atoms with Crippen molar-refractivity contribution in [1.29, 1.82) is 0 Å². The normalized spacial score (nSPS) is 18.8. The minimum absolute atomic E-state index is 0.0273. The second kappa shape index (κ2) is 6.42. The molecule has 1 nitrogen and oxygen atoms in total. The molecular formula is C23H28OSi. The van der Waals surface area contributed by atoms with Crippen molar-refractivity contribution in [3.63, 3.8) is 0 Å². The molecule has 2 aromatic rings. The van der Waals surface area contributed by atoms with E-state index >= 15 is 0 Å². The summed E-state index contributed by atoms with van der Waals surface area (Å²) in [4.78, 5) is 13.6. The highest BCUT2D eigenvalue weighted by Gasteiger charge is 2.48. The fraction of sp³-hybridized carbons (Fsp3) is 0.348. The van der Waals surface area contributed by atoms with Crippen LogP contribution in [0.5, 0.6) is 0 Å². The van der Waals surface area contributed by atoms with Crippen molar-refractivity contribution >= 4 is 19.4 Å². The van der Waals surface area contributed by atoms with E-state index < -0.39 is 8.07 Å². The number of hydrogen-bond donors (Lipinski definition) is 0. The van der Waals surface area contributed by atoms with Gasteiger partial charge in [-0.1, -0.05) is 94.5 Å². The average Bonchev–Trinajstić information content (AvgIpc) is 2.93. The highest BCUT2D eigenvalue weighted by Crippen LogP contribution is 2.50. The molecule has 0 bridgehead atoms. The van der Waals surface area contributed by atoms with Crippen molar-refractivity contribution in [2.24, 2.45) is 0 Å². The predicted molar refractivity (Wildman–Crippen MR) is 109 cm³/mol. The first kappa shape index (κ1) is 17.9. The van der Waals surface area contributed by atoms with Crippen LogP contribution in [0.2, 0.25) is 18.1 Å². The third kappa shape index (κ3) is 3.16. The van der Waals surface area contributed by atoms with E-state index in [0.29, 0.717) is 5.78 Å². The lowest BCUT2D eigenvalue weighted by atomic mass is 9.93. The Bertz CT molecular complexity index is 795. The summed E-state index contributed by atoms with van der Waals surface area (Å²) in [5, 5.41) is 1.30. The summed E-state index contributed by atoms with van der Waals surface area (Å²) < 4.78 is 0. The van der Waals surface area contributed by atoms with Crippen LogP contribution in [0.1, 0.15) is 44.2 Å². The summed E-state index contributed by atoms with van der Waals surface area (Å²) in [5.74, 6) is 0.331. The minimum Gasteiger partial charge on any atom is -0.294 e. The molecule has 0 radical (unpaired) electrons. The number of allylic oxidation sites excluding steroid dienone is 2. The van der Waals surface area contributed by atoms with Gasteiger partial charge in [0.1, 0.15) is 0 Å². The van der Waals surface area contributed by atoms with Gasteiger partial charge in [-0.05, 0) is 33.4 Å². The van der Waals surface area contributed by atoms with Crippen LogP contribution in [0.15, 0.2) is 65.9 Å². The van der Waals surface area contributed by atoms with Crippen LogP contribution in [0.25, 0.3) is 5.57 Å². The van der Waals surface area contributed by atoms with E-state index in [1.54, 1.807) is 0 Å². The van der Waals surface area contributed by atoms with Crippen LogP contribution >= 0.6 is 0 Å². The van der Waals surface area contributed by atoms with E-state index in [9.17, 15) is 4.79 Å². The van der Waals surface area contributed by atoms with Crippen LogP contribution in [0.3, 0.4) is 0 Å². The number of hydrogen-bond acceptors (Lipinski definition) is 1. The second-order valence-corrected chi connectivity index (χ2v) is 13.9. The largest absolute Gasteiger partial charge is 0.294 e. The summed E-state index contributed by atoms with van der Waals surface area (Å²) in [6.45, 7) is 11.6. The van der Waals surface area contributed by atoms with Gasteiger partial charge in [0.25, 0.3) is 0 Å². The number of rotatable bonds is 3. The maximum Gasteiger partial charge on any atom is 0.163 e. The van der Waals surface area contributed by atoms with Gasteiger partial charge in [0, 0.05) is 0 Å². The summed E-state index contributed by atoms with van der Waals surface area (Å²) >= 11 is 0. The molecule has 0 saturated carbocycles. The molecule has 2 heteroatoms. The van der Waals surface area contributed by atoms with Gasteiger partial charge in [0.15, 0.2) is 5.78 Å². The zero-order chi connectivity index (χ0) is 18.2. The van der Waals surface area contributed by atoms with Crippen LogP contribution < -0.4 is 0 Å². The standard InChI is InChI=1S/C23H28OSi/c1-23(2,3)25(4,5)22-20(18-14-10-7-11-15-18)16-19(21(22)24)17-12-8-6-9-13-17/h6-15,19H,16H2,1-5H3. The van der Waals surface area contributed by atoms with Crippen molar-refractivity contribution in [2.75, 3.05) is 0 Å². The molecule has 0 spiro atoms. The molecule has 25 heavy (non-hydrogen) atoms. The van der Waals surface area contributed by atoms with Crippen LogP contribution in [0, 0.1) is 0 Å². The Balaban J connectivity index is 2.15. The zero-order valence-corrected chi connectivity index (χ0v) is 17.0. The molecule has 1 unspecified atom stereocenters. The molecule has 3 rings (SSSR count). The Morgan fingerprint density at radius 3 is 1.92 bits per heavy atom. The first-order valence-corrected chi connectivity index (χ1v) is 12.1. The van der Waals surface area contributed by atoms with Crippen LogP contribution in [0.4, 0.5) is 0 Å². The number of ketones is 1. The van der Waals surface area contributed by atoms with Crippen molar-refractivity contribution in [2.45, 2.75) is 51.2 Å². The number of carbonyl (C=O) groups excluding carboxylic acids is 1. The Kier molecular flexibility index (Phi) is 4.59. The number of benzene rings is 2. The van der Waals surface area contributed by atoms with Gasteiger partial charge in [-0.25, -0.2) is 0 Å². The smallest absolute Gasteiger partial charge is 0.163 e. The Morgan fingerprint density at radius 1 is 0.880 bits per heavy atom. The van der Waals surface area contributed by atoms with E-state index in [0.717, 1.165) is 17.2 Å². The molecule has 0 aliphatic heterocycles. The van der Waals surface area contributed by atoms with Crippen LogP contribution in [-0.4, -0.2) is 13.9 Å². The SMILES string of the molecule is CC(C)(C)[Si](C)(C)C1=C(c2ccccc2)CC(c2ccccc2)C1=O. The highest BCUT2D eigenvalue weighted by atomic mass is 28.3. The molecular weight excluding hydrogens is 320 g/mol. The molecule has 0 fully saturated rings. The number of carbonyl (C=O) groups is 1. The van der Waals surface area contributed by atoms with Gasteiger partial charge in [-0.3, -0.25) is 4.79 Å². The van der Waals surface area contributed by atoms with E-state index in [-0.39, 0.29) is 11.0 Å². The lowest BCUT2D eigenvalue weighted by molar-refractivity contribution is -0.115. The van der Waals surface area contributed by atoms with Crippen molar-refractivity contribution in [3.8, 4) is 0 Å². The van der Waals surface area contributed by atoms with Crippen molar-refractivity contribution in [3.05, 3.63) is 77.0 Å². The van der Waals surface area contributed by atoms with E-state index in [4.69, 9.17) is 0 Å². The van der Waals surface area contributed by atoms with Gasteiger partial charge in [0.2, 0.25) is 0 Å². The summed E-state index contributed by atoms with van der Waals surface area (Å²) in [7, 11) is -1.93. The van der Waals surface area contributed by atoms with Crippen molar-refractivity contribution in [1.82, 2.24) is 0 Å². The predicted octanol–water partition coefficient (Wildman–Crippen LogP) is 6.24. The lowest BCUT2D eigenvalue weighted by Crippen LogP contribution is -2.42. The van der Waals surface area contributed by atoms with Crippen molar-refractivity contribution < 1.29 is 4.79 Å². The first-order chi connectivity index (χ1) is 11.7. The lowest BCUT2D eigenvalue weighted by Gasteiger charge is -2.38.